The number of carbonyl (C=O) groups is 2. The Bertz CT molecular complexity index is 632. The zero-order chi connectivity index (χ0) is 16.6. The maximum atomic E-state index is 12.4. The van der Waals surface area contributed by atoms with E-state index in [1.165, 1.54) is 0 Å². The van der Waals surface area contributed by atoms with Gasteiger partial charge in [-0.05, 0) is 31.0 Å². The first-order valence-corrected chi connectivity index (χ1v) is 8.02. The van der Waals surface area contributed by atoms with E-state index in [0.29, 0.717) is 19.6 Å². The van der Waals surface area contributed by atoms with E-state index in [9.17, 15) is 9.59 Å². The Balaban J connectivity index is 1.69. The highest BCUT2D eigenvalue weighted by atomic mass is 16.5. The highest BCUT2D eigenvalue weighted by Gasteiger charge is 2.30. The molecule has 2 aliphatic rings. The zero-order valence-corrected chi connectivity index (χ0v) is 13.8. The van der Waals surface area contributed by atoms with Gasteiger partial charge in [-0.25, -0.2) is 0 Å². The summed E-state index contributed by atoms with van der Waals surface area (Å²) in [6, 6.07) is 5.48. The number of carbonyl (C=O) groups excluding carboxylic acids is 2. The molecular weight excluding hydrogens is 294 g/mol. The number of morpholine rings is 1. The number of nitrogens with one attached hydrogen (secondary N) is 2. The largest absolute Gasteiger partial charge is 0.375 e. The minimum Gasteiger partial charge on any atom is -0.375 e. The number of hydrogen-bond donors (Lipinski definition) is 2. The number of likely N-dealkylation sites (N-methyl/N-ethyl adjacent to an activating group) is 1. The lowest BCUT2D eigenvalue weighted by Gasteiger charge is -2.30. The second-order valence-corrected chi connectivity index (χ2v) is 6.26. The number of fused-ring (bicyclic) bond motifs is 1. The summed E-state index contributed by atoms with van der Waals surface area (Å²) in [6.07, 6.45) is 0.289. The quantitative estimate of drug-likeness (QED) is 0.863. The lowest BCUT2D eigenvalue weighted by atomic mass is 10.0. The second kappa shape index (κ2) is 6.29. The molecule has 0 aromatic heterocycles. The van der Waals surface area contributed by atoms with Crippen molar-refractivity contribution in [2.24, 2.45) is 0 Å². The molecule has 1 fully saturated rings. The summed E-state index contributed by atoms with van der Waals surface area (Å²) in [7, 11) is 1.79. The highest BCUT2D eigenvalue weighted by Crippen LogP contribution is 2.30. The Morgan fingerprint density at radius 2 is 2.26 bits per heavy atom. The van der Waals surface area contributed by atoms with Crippen LogP contribution in [0.25, 0.3) is 0 Å². The van der Waals surface area contributed by atoms with E-state index in [1.54, 1.807) is 11.9 Å². The molecule has 0 bridgehead atoms. The van der Waals surface area contributed by atoms with Crippen molar-refractivity contribution in [3.63, 3.8) is 0 Å². The maximum Gasteiger partial charge on any atom is 0.240 e. The molecule has 2 amide bonds. The van der Waals surface area contributed by atoms with Crippen LogP contribution in [0, 0.1) is 0 Å². The minimum atomic E-state index is -0.326. The van der Waals surface area contributed by atoms with E-state index in [4.69, 9.17) is 4.74 Å². The number of amides is 2. The van der Waals surface area contributed by atoms with Gasteiger partial charge in [0.25, 0.3) is 0 Å². The van der Waals surface area contributed by atoms with Gasteiger partial charge < -0.3 is 20.3 Å². The summed E-state index contributed by atoms with van der Waals surface area (Å²) in [5, 5.41) is 6.22. The van der Waals surface area contributed by atoms with E-state index in [-0.39, 0.29) is 30.0 Å². The van der Waals surface area contributed by atoms with Crippen LogP contribution in [0.15, 0.2) is 18.2 Å². The van der Waals surface area contributed by atoms with Gasteiger partial charge in [0.2, 0.25) is 11.8 Å². The first-order valence-electron chi connectivity index (χ1n) is 8.02. The fraction of sp³-hybridized carbons (Fsp3) is 0.529. The molecule has 0 aliphatic carbocycles. The van der Waals surface area contributed by atoms with E-state index in [1.807, 2.05) is 32.0 Å². The third-order valence-corrected chi connectivity index (χ3v) is 4.64. The lowest BCUT2D eigenvalue weighted by Crippen LogP contribution is -2.55. The van der Waals surface area contributed by atoms with Crippen molar-refractivity contribution in [1.29, 1.82) is 0 Å². The predicted molar refractivity (Wildman–Crippen MR) is 87.3 cm³/mol. The SMILES string of the molecule is CC(NC(=O)[C@H]1NCCO[C@@H]1C)c1ccc2c(c1)CC(=O)N2C. The molecular formula is C17H23N3O3. The Kier molecular flexibility index (Phi) is 4.37. The molecule has 0 radical (unpaired) electrons. The van der Waals surface area contributed by atoms with Gasteiger partial charge in [0.15, 0.2) is 0 Å². The molecule has 3 atom stereocenters. The van der Waals surface area contributed by atoms with Crippen molar-refractivity contribution < 1.29 is 14.3 Å². The van der Waals surface area contributed by atoms with Gasteiger partial charge in [-0.2, -0.15) is 0 Å². The molecule has 0 spiro atoms. The van der Waals surface area contributed by atoms with Gasteiger partial charge in [0.05, 0.1) is 25.2 Å². The Morgan fingerprint density at radius 1 is 1.48 bits per heavy atom. The van der Waals surface area contributed by atoms with E-state index in [2.05, 4.69) is 10.6 Å². The first-order chi connectivity index (χ1) is 11.0. The van der Waals surface area contributed by atoms with Crippen molar-refractivity contribution in [2.75, 3.05) is 25.1 Å². The molecule has 6 heteroatoms. The number of nitrogens with zero attached hydrogens (tertiary/aromatic N) is 1. The van der Waals surface area contributed by atoms with Crippen LogP contribution in [0.3, 0.4) is 0 Å². The van der Waals surface area contributed by atoms with Crippen LogP contribution < -0.4 is 15.5 Å². The molecule has 2 heterocycles. The number of anilines is 1. The van der Waals surface area contributed by atoms with Crippen LogP contribution in [0.2, 0.25) is 0 Å². The summed E-state index contributed by atoms with van der Waals surface area (Å²) in [5.74, 6) is 0.0459. The van der Waals surface area contributed by atoms with Gasteiger partial charge in [0.1, 0.15) is 6.04 Å². The smallest absolute Gasteiger partial charge is 0.240 e. The summed E-state index contributed by atoms with van der Waals surface area (Å²) < 4.78 is 5.52. The Morgan fingerprint density at radius 3 is 3.00 bits per heavy atom. The average Bonchev–Trinajstić information content (AvgIpc) is 2.81. The average molecular weight is 317 g/mol. The molecule has 0 saturated carbocycles. The van der Waals surface area contributed by atoms with E-state index in [0.717, 1.165) is 16.8 Å². The predicted octanol–water partition coefficient (Wildman–Crippen LogP) is 0.760. The topological polar surface area (TPSA) is 70.7 Å². The van der Waals surface area contributed by atoms with Crippen molar-refractivity contribution >= 4 is 17.5 Å². The molecule has 1 aromatic rings. The van der Waals surface area contributed by atoms with Gasteiger partial charge >= 0.3 is 0 Å². The number of benzene rings is 1. The molecule has 3 rings (SSSR count). The van der Waals surface area contributed by atoms with Crippen molar-refractivity contribution in [1.82, 2.24) is 10.6 Å². The number of hydrogen-bond acceptors (Lipinski definition) is 4. The van der Waals surface area contributed by atoms with Crippen LogP contribution in [-0.2, 0) is 20.7 Å². The standard InChI is InChI=1S/C17H23N3O3/c1-10(19-17(22)16-11(2)23-7-6-18-16)12-4-5-14-13(8-12)9-15(21)20(14)3/h4-5,8,10-11,16,18H,6-7,9H2,1-3H3,(H,19,22)/t10?,11-,16+/m1/s1. The van der Waals surface area contributed by atoms with Gasteiger partial charge in [0, 0.05) is 19.3 Å². The van der Waals surface area contributed by atoms with Gasteiger partial charge in [-0.1, -0.05) is 12.1 Å². The fourth-order valence-electron chi connectivity index (χ4n) is 3.17. The molecule has 6 nitrogen and oxygen atoms in total. The molecule has 2 N–H and O–H groups in total. The molecule has 1 saturated heterocycles. The summed E-state index contributed by atoms with van der Waals surface area (Å²) in [4.78, 5) is 25.9. The number of ether oxygens (including phenoxy) is 1. The third kappa shape index (κ3) is 3.09. The summed E-state index contributed by atoms with van der Waals surface area (Å²) in [5.41, 5.74) is 2.97. The Hall–Kier alpha value is -1.92. The summed E-state index contributed by atoms with van der Waals surface area (Å²) in [6.45, 7) is 5.17. The first kappa shape index (κ1) is 16.0. The van der Waals surface area contributed by atoms with E-state index < -0.39 is 0 Å². The van der Waals surface area contributed by atoms with Crippen LogP contribution in [0.5, 0.6) is 0 Å². The third-order valence-electron chi connectivity index (χ3n) is 4.64. The van der Waals surface area contributed by atoms with Crippen LogP contribution in [0.1, 0.15) is 31.0 Å². The monoisotopic (exact) mass is 317 g/mol. The zero-order valence-electron chi connectivity index (χ0n) is 13.8. The van der Waals surface area contributed by atoms with Crippen LogP contribution >= 0.6 is 0 Å². The van der Waals surface area contributed by atoms with Gasteiger partial charge in [-0.15, -0.1) is 0 Å². The second-order valence-electron chi connectivity index (χ2n) is 6.26. The van der Waals surface area contributed by atoms with Gasteiger partial charge in [-0.3, -0.25) is 9.59 Å². The van der Waals surface area contributed by atoms with Crippen LogP contribution in [-0.4, -0.2) is 44.2 Å². The van der Waals surface area contributed by atoms with Crippen molar-refractivity contribution in [2.45, 2.75) is 38.5 Å². The molecule has 23 heavy (non-hydrogen) atoms. The van der Waals surface area contributed by atoms with Crippen LogP contribution in [0.4, 0.5) is 5.69 Å². The lowest BCUT2D eigenvalue weighted by molar-refractivity contribution is -0.129. The molecule has 124 valence electrons. The normalized spacial score (nSPS) is 25.2. The van der Waals surface area contributed by atoms with Crippen molar-refractivity contribution in [3.8, 4) is 0 Å². The number of rotatable bonds is 3. The Labute approximate surface area is 136 Å². The minimum absolute atomic E-state index is 0.0570. The fourth-order valence-corrected chi connectivity index (χ4v) is 3.17. The van der Waals surface area contributed by atoms with E-state index >= 15 is 0 Å². The maximum absolute atomic E-state index is 12.4. The van der Waals surface area contributed by atoms with Crippen molar-refractivity contribution in [3.05, 3.63) is 29.3 Å². The molecule has 1 aromatic carbocycles. The molecule has 1 unspecified atom stereocenters. The summed E-state index contributed by atoms with van der Waals surface area (Å²) >= 11 is 0. The highest BCUT2D eigenvalue weighted by molar-refractivity contribution is 6.00. The molecule has 2 aliphatic heterocycles.